The summed E-state index contributed by atoms with van der Waals surface area (Å²) in [6.45, 7) is 0. The van der Waals surface area contributed by atoms with Gasteiger partial charge < -0.3 is 9.73 Å². The van der Waals surface area contributed by atoms with E-state index >= 15 is 0 Å². The highest BCUT2D eigenvalue weighted by Gasteiger charge is 2.12. The monoisotopic (exact) mass is 453 g/mol. The number of para-hydroxylation sites is 1. The topological polar surface area (TPSA) is 59.3 Å². The van der Waals surface area contributed by atoms with E-state index in [1.165, 1.54) is 0 Å². The molecule has 4 nitrogen and oxygen atoms in total. The Balaban J connectivity index is 1.69. The number of nitrogens with one attached hydrogen (secondary N) is 1. The lowest BCUT2D eigenvalue weighted by molar-refractivity contribution is 0.102. The van der Waals surface area contributed by atoms with Crippen molar-refractivity contribution in [2.45, 2.75) is 0 Å². The van der Waals surface area contributed by atoms with Gasteiger partial charge in [-0.25, -0.2) is 4.79 Å². The molecule has 4 aromatic rings. The Hall–Kier alpha value is -2.89. The predicted molar refractivity (Wildman–Crippen MR) is 115 cm³/mol. The molecule has 6 heteroatoms. The molecule has 1 heterocycles. The first-order chi connectivity index (χ1) is 13.5. The third-order valence-corrected chi connectivity index (χ3v) is 5.06. The molecule has 0 aliphatic carbocycles. The quantitative estimate of drug-likeness (QED) is 0.379. The van der Waals surface area contributed by atoms with E-state index in [0.717, 1.165) is 9.86 Å². The van der Waals surface area contributed by atoms with Crippen molar-refractivity contribution in [1.29, 1.82) is 0 Å². The van der Waals surface area contributed by atoms with Crippen LogP contribution in [0.15, 0.2) is 86.5 Å². The summed E-state index contributed by atoms with van der Waals surface area (Å²) in [5.74, 6) is -0.323. The maximum atomic E-state index is 12.6. The average Bonchev–Trinajstić information content (AvgIpc) is 2.69. The summed E-state index contributed by atoms with van der Waals surface area (Å²) < 4.78 is 6.21. The molecule has 0 radical (unpaired) electrons. The molecule has 0 aliphatic rings. The van der Waals surface area contributed by atoms with Gasteiger partial charge in [0.2, 0.25) is 0 Å². The van der Waals surface area contributed by atoms with Crippen LogP contribution < -0.4 is 10.9 Å². The lowest BCUT2D eigenvalue weighted by Gasteiger charge is -2.09. The highest BCUT2D eigenvalue weighted by Crippen LogP contribution is 2.27. The molecule has 0 saturated heterocycles. The Morgan fingerprint density at radius 3 is 2.61 bits per heavy atom. The van der Waals surface area contributed by atoms with Gasteiger partial charge >= 0.3 is 5.63 Å². The molecule has 3 aromatic carbocycles. The van der Waals surface area contributed by atoms with Crippen LogP contribution in [0.2, 0.25) is 5.02 Å². The van der Waals surface area contributed by atoms with Crippen molar-refractivity contribution in [2.75, 3.05) is 5.32 Å². The number of hydrogen-bond acceptors (Lipinski definition) is 3. The number of fused-ring (bicyclic) bond motifs is 1. The standard InChI is InChI=1S/C22H13BrClNO3/c23-16-8-9-19(18(24)12-16)25-21(26)15-6-3-5-13(10-15)17-11-14-4-1-2-7-20(14)28-22(17)27/h1-12H,(H,25,26). The van der Waals surface area contributed by atoms with E-state index in [2.05, 4.69) is 21.2 Å². The van der Waals surface area contributed by atoms with Crippen molar-refractivity contribution in [1.82, 2.24) is 0 Å². The van der Waals surface area contributed by atoms with Crippen molar-refractivity contribution in [3.63, 3.8) is 0 Å². The van der Waals surface area contributed by atoms with Gasteiger partial charge in [-0.3, -0.25) is 4.79 Å². The van der Waals surface area contributed by atoms with Gasteiger partial charge in [0.25, 0.3) is 5.91 Å². The summed E-state index contributed by atoms with van der Waals surface area (Å²) in [4.78, 5) is 25.0. The van der Waals surface area contributed by atoms with Gasteiger partial charge in [0.05, 0.1) is 16.3 Å². The number of rotatable bonds is 3. The lowest BCUT2D eigenvalue weighted by atomic mass is 10.0. The fourth-order valence-corrected chi connectivity index (χ4v) is 3.60. The van der Waals surface area contributed by atoms with Crippen LogP contribution in [0.25, 0.3) is 22.1 Å². The van der Waals surface area contributed by atoms with Crippen molar-refractivity contribution < 1.29 is 9.21 Å². The molecule has 1 aromatic heterocycles. The Morgan fingerprint density at radius 1 is 0.964 bits per heavy atom. The van der Waals surface area contributed by atoms with Crippen LogP contribution in [0.1, 0.15) is 10.4 Å². The summed E-state index contributed by atoms with van der Waals surface area (Å²) in [5.41, 5.74) is 1.99. The zero-order chi connectivity index (χ0) is 19.7. The SMILES string of the molecule is O=C(Nc1ccc(Br)cc1Cl)c1cccc(-c2cc3ccccc3oc2=O)c1. The molecular formula is C22H13BrClNO3. The minimum Gasteiger partial charge on any atom is -0.422 e. The summed E-state index contributed by atoms with van der Waals surface area (Å²) in [6, 6.07) is 21.1. The van der Waals surface area contributed by atoms with Gasteiger partial charge in [0, 0.05) is 15.4 Å². The molecule has 0 bridgehead atoms. The van der Waals surface area contributed by atoms with Crippen molar-refractivity contribution in [3.8, 4) is 11.1 Å². The number of halogens is 2. The number of anilines is 1. The maximum absolute atomic E-state index is 12.6. The van der Waals surface area contributed by atoms with Crippen LogP contribution in [0, 0.1) is 0 Å². The smallest absolute Gasteiger partial charge is 0.344 e. The first-order valence-corrected chi connectivity index (χ1v) is 9.58. The number of amides is 1. The number of hydrogen-bond donors (Lipinski definition) is 1. The maximum Gasteiger partial charge on any atom is 0.344 e. The van der Waals surface area contributed by atoms with E-state index in [-0.39, 0.29) is 5.91 Å². The summed E-state index contributed by atoms with van der Waals surface area (Å²) in [6.07, 6.45) is 0. The van der Waals surface area contributed by atoms with E-state index in [1.807, 2.05) is 18.2 Å². The minimum absolute atomic E-state index is 0.323. The molecular weight excluding hydrogens is 442 g/mol. The van der Waals surface area contributed by atoms with Crippen LogP contribution in [0.3, 0.4) is 0 Å². The zero-order valence-corrected chi connectivity index (χ0v) is 16.8. The molecule has 28 heavy (non-hydrogen) atoms. The third kappa shape index (κ3) is 3.72. The number of carbonyl (C=O) groups is 1. The molecule has 0 unspecified atom stereocenters. The van der Waals surface area contributed by atoms with E-state index in [9.17, 15) is 9.59 Å². The van der Waals surface area contributed by atoms with Gasteiger partial charge in [0.1, 0.15) is 5.58 Å². The summed E-state index contributed by atoms with van der Waals surface area (Å²) >= 11 is 9.50. The second-order valence-electron chi connectivity index (χ2n) is 6.14. The fourth-order valence-electron chi connectivity index (χ4n) is 2.88. The second-order valence-corrected chi connectivity index (χ2v) is 7.47. The number of carbonyl (C=O) groups excluding carboxylic acids is 1. The first-order valence-electron chi connectivity index (χ1n) is 8.41. The average molecular weight is 455 g/mol. The molecule has 4 rings (SSSR count). The van der Waals surface area contributed by atoms with Crippen LogP contribution in [-0.2, 0) is 0 Å². The third-order valence-electron chi connectivity index (χ3n) is 4.26. The van der Waals surface area contributed by atoms with Crippen molar-refractivity contribution >= 4 is 50.1 Å². The Bertz CT molecular complexity index is 1270. The van der Waals surface area contributed by atoms with Crippen LogP contribution >= 0.6 is 27.5 Å². The van der Waals surface area contributed by atoms with E-state index in [4.69, 9.17) is 16.0 Å². The van der Waals surface area contributed by atoms with Crippen molar-refractivity contribution in [3.05, 3.63) is 98.3 Å². The first kappa shape index (κ1) is 18.5. The zero-order valence-electron chi connectivity index (χ0n) is 14.4. The molecule has 138 valence electrons. The molecule has 0 aliphatic heterocycles. The summed E-state index contributed by atoms with van der Waals surface area (Å²) in [7, 11) is 0. The highest BCUT2D eigenvalue weighted by molar-refractivity contribution is 9.10. The van der Waals surface area contributed by atoms with Crippen molar-refractivity contribution in [2.24, 2.45) is 0 Å². The van der Waals surface area contributed by atoms with E-state index in [1.54, 1.807) is 54.6 Å². The van der Waals surface area contributed by atoms with Crippen LogP contribution in [0.4, 0.5) is 5.69 Å². The van der Waals surface area contributed by atoms with Gasteiger partial charge in [-0.05, 0) is 48.0 Å². The van der Waals surface area contributed by atoms with Gasteiger partial charge in [-0.15, -0.1) is 0 Å². The van der Waals surface area contributed by atoms with Gasteiger partial charge in [-0.2, -0.15) is 0 Å². The molecule has 0 fully saturated rings. The largest absolute Gasteiger partial charge is 0.422 e. The van der Waals surface area contributed by atoms with Crippen LogP contribution in [-0.4, -0.2) is 5.91 Å². The predicted octanol–water partition coefficient (Wildman–Crippen LogP) is 6.13. The lowest BCUT2D eigenvalue weighted by Crippen LogP contribution is -2.12. The Morgan fingerprint density at radius 2 is 1.79 bits per heavy atom. The normalized spacial score (nSPS) is 10.8. The minimum atomic E-state index is -0.452. The van der Waals surface area contributed by atoms with Gasteiger partial charge in [-0.1, -0.05) is 57.9 Å². The second kappa shape index (κ2) is 7.62. The summed E-state index contributed by atoms with van der Waals surface area (Å²) in [5, 5.41) is 4.02. The Labute approximate surface area is 173 Å². The molecule has 0 atom stereocenters. The van der Waals surface area contributed by atoms with E-state index in [0.29, 0.717) is 33.0 Å². The van der Waals surface area contributed by atoms with E-state index < -0.39 is 5.63 Å². The highest BCUT2D eigenvalue weighted by atomic mass is 79.9. The fraction of sp³-hybridized carbons (Fsp3) is 0. The number of benzene rings is 3. The molecule has 1 N–H and O–H groups in total. The molecule has 0 spiro atoms. The van der Waals surface area contributed by atoms with Crippen LogP contribution in [0.5, 0.6) is 0 Å². The molecule has 0 saturated carbocycles. The van der Waals surface area contributed by atoms with Gasteiger partial charge in [0.15, 0.2) is 0 Å². The Kier molecular flexibility index (Phi) is 5.03. The molecule has 1 amide bonds.